The Bertz CT molecular complexity index is 876. The van der Waals surface area contributed by atoms with Crippen LogP contribution in [0, 0.1) is 6.57 Å². The van der Waals surface area contributed by atoms with Gasteiger partial charge < -0.3 is 4.90 Å². The third-order valence-corrected chi connectivity index (χ3v) is 4.91. The molecule has 156 valence electrons. The van der Waals surface area contributed by atoms with E-state index in [4.69, 9.17) is 6.57 Å². The molecule has 1 fully saturated rings. The van der Waals surface area contributed by atoms with Crippen molar-refractivity contribution in [3.8, 4) is 0 Å². The smallest absolute Gasteiger partial charge is 0.358 e. The second-order valence-electron chi connectivity index (χ2n) is 7.19. The molecule has 0 N–H and O–H groups in total. The Morgan fingerprint density at radius 3 is 2.38 bits per heavy atom. The van der Waals surface area contributed by atoms with Crippen LogP contribution in [-0.4, -0.2) is 41.6 Å². The van der Waals surface area contributed by atoms with Crippen LogP contribution in [0.2, 0.25) is 0 Å². The molecule has 3 rings (SSSR count). The zero-order chi connectivity index (χ0) is 21.4. The summed E-state index contributed by atoms with van der Waals surface area (Å²) in [6, 6.07) is 1.01. The molecule has 1 aromatic carbocycles. The van der Waals surface area contributed by atoms with Crippen LogP contribution in [0.1, 0.15) is 31.7 Å². The predicted octanol–water partition coefficient (Wildman–Crippen LogP) is 5.93. The first-order chi connectivity index (χ1) is 13.4. The van der Waals surface area contributed by atoms with E-state index in [2.05, 4.69) is 20.1 Å². The highest BCUT2D eigenvalue weighted by Crippen LogP contribution is 2.41. The third kappa shape index (κ3) is 4.36. The molecule has 2 unspecified atom stereocenters. The third-order valence-electron chi connectivity index (χ3n) is 4.91. The number of benzene rings is 1. The molecule has 0 amide bonds. The van der Waals surface area contributed by atoms with Crippen molar-refractivity contribution in [1.82, 2.24) is 4.90 Å². The van der Waals surface area contributed by atoms with Crippen molar-refractivity contribution in [2.75, 3.05) is 13.1 Å². The van der Waals surface area contributed by atoms with Crippen molar-refractivity contribution in [3.63, 3.8) is 0 Å². The molecule has 0 radical (unpaired) electrons. The van der Waals surface area contributed by atoms with E-state index in [-0.39, 0.29) is 11.5 Å². The minimum absolute atomic E-state index is 0.0986. The van der Waals surface area contributed by atoms with Crippen LogP contribution >= 0.6 is 0 Å². The van der Waals surface area contributed by atoms with Gasteiger partial charge in [0.2, 0.25) is 0 Å². The van der Waals surface area contributed by atoms with Gasteiger partial charge in [-0.3, -0.25) is 0 Å². The molecular formula is C18H17F6N5. The maximum absolute atomic E-state index is 13.3. The van der Waals surface area contributed by atoms with Crippen LogP contribution in [0.5, 0.6) is 0 Å². The fourth-order valence-electron chi connectivity index (χ4n) is 3.47. The van der Waals surface area contributed by atoms with Gasteiger partial charge in [0.1, 0.15) is 11.4 Å². The Hall–Kier alpha value is -2.64. The van der Waals surface area contributed by atoms with E-state index in [0.717, 1.165) is 25.0 Å². The predicted molar refractivity (Wildman–Crippen MR) is 93.3 cm³/mol. The topological polar surface area (TPSA) is 44.7 Å². The molecule has 0 spiro atoms. The van der Waals surface area contributed by atoms with E-state index in [1.54, 1.807) is 4.90 Å². The first-order valence-electron chi connectivity index (χ1n) is 8.85. The van der Waals surface area contributed by atoms with Crippen molar-refractivity contribution in [2.45, 2.75) is 50.1 Å². The van der Waals surface area contributed by atoms with Crippen molar-refractivity contribution < 1.29 is 26.3 Å². The monoisotopic (exact) mass is 417 g/mol. The summed E-state index contributed by atoms with van der Waals surface area (Å²) in [7, 11) is 0. The number of likely N-dealkylation sites (tertiary alicyclic amines) is 1. The molecule has 11 heteroatoms. The van der Waals surface area contributed by atoms with E-state index >= 15 is 0 Å². The minimum Gasteiger partial charge on any atom is -0.358 e. The summed E-state index contributed by atoms with van der Waals surface area (Å²) < 4.78 is 79.0. The summed E-state index contributed by atoms with van der Waals surface area (Å²) in [5.41, 5.74) is -3.20. The van der Waals surface area contributed by atoms with Crippen molar-refractivity contribution >= 4 is 17.2 Å². The molecule has 1 saturated heterocycles. The fourth-order valence-corrected chi connectivity index (χ4v) is 3.47. The lowest BCUT2D eigenvalue weighted by molar-refractivity contribution is -0.147. The lowest BCUT2D eigenvalue weighted by atomic mass is 9.93. The van der Waals surface area contributed by atoms with Gasteiger partial charge >= 0.3 is 12.4 Å². The SMILES string of the molecule is [C-]#[N+]c1ccc(N=C(N2CCCC2)C2(C)CC(C(F)(F)F)N=N2)cc1C(F)(F)F. The largest absolute Gasteiger partial charge is 0.412 e. The second kappa shape index (κ2) is 7.31. The van der Waals surface area contributed by atoms with Gasteiger partial charge in [0.25, 0.3) is 0 Å². The number of hydrogen-bond donors (Lipinski definition) is 0. The van der Waals surface area contributed by atoms with Gasteiger partial charge in [-0.25, -0.2) is 9.84 Å². The highest BCUT2D eigenvalue weighted by Gasteiger charge is 2.51. The van der Waals surface area contributed by atoms with Crippen LogP contribution in [0.15, 0.2) is 33.4 Å². The van der Waals surface area contributed by atoms with Crippen LogP contribution in [0.3, 0.4) is 0 Å². The zero-order valence-electron chi connectivity index (χ0n) is 15.3. The Morgan fingerprint density at radius 2 is 1.86 bits per heavy atom. The van der Waals surface area contributed by atoms with E-state index in [9.17, 15) is 26.3 Å². The first-order valence-corrected chi connectivity index (χ1v) is 8.85. The minimum atomic E-state index is -4.75. The van der Waals surface area contributed by atoms with Gasteiger partial charge in [0.05, 0.1) is 17.8 Å². The average Bonchev–Trinajstić information content (AvgIpc) is 3.28. The van der Waals surface area contributed by atoms with E-state index in [0.29, 0.717) is 13.1 Å². The zero-order valence-corrected chi connectivity index (χ0v) is 15.3. The van der Waals surface area contributed by atoms with Crippen LogP contribution < -0.4 is 0 Å². The molecule has 2 aliphatic rings. The molecule has 5 nitrogen and oxygen atoms in total. The fraction of sp³-hybridized carbons (Fsp3) is 0.556. The summed E-state index contributed by atoms with van der Waals surface area (Å²) in [6.45, 7) is 9.40. The summed E-state index contributed by atoms with van der Waals surface area (Å²) in [6.07, 6.45) is -8.19. The van der Waals surface area contributed by atoms with Gasteiger partial charge in [-0.1, -0.05) is 6.07 Å². The highest BCUT2D eigenvalue weighted by molar-refractivity contribution is 5.94. The van der Waals surface area contributed by atoms with Gasteiger partial charge in [0, 0.05) is 19.5 Å². The van der Waals surface area contributed by atoms with Crippen LogP contribution in [0.4, 0.5) is 37.7 Å². The lowest BCUT2D eigenvalue weighted by Gasteiger charge is -2.30. The molecular weight excluding hydrogens is 400 g/mol. The van der Waals surface area contributed by atoms with Crippen molar-refractivity contribution in [2.24, 2.45) is 15.2 Å². The number of alkyl halides is 6. The number of halogens is 6. The van der Waals surface area contributed by atoms with Gasteiger partial charge in [-0.2, -0.15) is 36.6 Å². The Balaban J connectivity index is 2.04. The Morgan fingerprint density at radius 1 is 1.21 bits per heavy atom. The van der Waals surface area contributed by atoms with Crippen molar-refractivity contribution in [3.05, 3.63) is 35.2 Å². The maximum Gasteiger partial charge on any atom is 0.412 e. The summed E-state index contributed by atoms with van der Waals surface area (Å²) in [4.78, 5) is 8.90. The van der Waals surface area contributed by atoms with E-state index in [1.807, 2.05) is 0 Å². The summed E-state index contributed by atoms with van der Waals surface area (Å²) in [5.74, 6) is 0.161. The van der Waals surface area contributed by atoms with Gasteiger partial charge in [-0.15, -0.1) is 0 Å². The molecule has 1 aromatic rings. The molecule has 2 atom stereocenters. The number of amidine groups is 1. The molecule has 0 aromatic heterocycles. The lowest BCUT2D eigenvalue weighted by Crippen LogP contribution is -2.45. The number of nitrogens with zero attached hydrogens (tertiary/aromatic N) is 5. The average molecular weight is 417 g/mol. The van der Waals surface area contributed by atoms with Gasteiger partial charge in [-0.05, 0) is 31.9 Å². The van der Waals surface area contributed by atoms with Crippen LogP contribution in [0.25, 0.3) is 4.85 Å². The Labute approximate surface area is 162 Å². The van der Waals surface area contributed by atoms with E-state index in [1.165, 1.54) is 13.0 Å². The summed E-state index contributed by atoms with van der Waals surface area (Å²) >= 11 is 0. The normalized spacial score (nSPS) is 25.5. The summed E-state index contributed by atoms with van der Waals surface area (Å²) in [5, 5.41) is 7.17. The number of hydrogen-bond acceptors (Lipinski definition) is 3. The molecule has 0 bridgehead atoms. The highest BCUT2D eigenvalue weighted by atomic mass is 19.4. The molecule has 2 aliphatic heterocycles. The number of rotatable bonds is 2. The molecule has 2 heterocycles. The number of azo groups is 1. The Kier molecular flexibility index (Phi) is 5.32. The quantitative estimate of drug-likeness (QED) is 0.255. The number of aliphatic imine (C=N–C) groups is 1. The first kappa shape index (κ1) is 21.1. The molecule has 0 saturated carbocycles. The standard InChI is InChI=1S/C18H17F6N5/c1-16(10-14(27-28-16)18(22,23)24)15(29-7-3-4-8-29)26-11-5-6-13(25-2)12(9-11)17(19,20)21/h5-6,9,14H,3-4,7-8,10H2,1H3. The molecule has 0 aliphatic carbocycles. The van der Waals surface area contributed by atoms with E-state index < -0.39 is 41.6 Å². The molecule has 29 heavy (non-hydrogen) atoms. The maximum atomic E-state index is 13.3. The second-order valence-corrected chi connectivity index (χ2v) is 7.19. The van der Waals surface area contributed by atoms with Crippen LogP contribution in [-0.2, 0) is 6.18 Å². The van der Waals surface area contributed by atoms with Crippen molar-refractivity contribution in [1.29, 1.82) is 0 Å². The van der Waals surface area contributed by atoms with Gasteiger partial charge in [0.15, 0.2) is 11.7 Å².